The molecule has 0 rings (SSSR count). The van der Waals surface area contributed by atoms with Gasteiger partial charge in [0.25, 0.3) is 0 Å². The number of unbranched alkanes of at least 4 members (excludes halogenated alkanes) is 2. The number of esters is 1. The largest absolute Gasteiger partial charge is 0.460 e. The lowest BCUT2D eigenvalue weighted by atomic mass is 10.1. The highest BCUT2D eigenvalue weighted by Crippen LogP contribution is 2.10. The Morgan fingerprint density at radius 2 is 1.94 bits per heavy atom. The zero-order valence-electron chi connectivity index (χ0n) is 9.39. The summed E-state index contributed by atoms with van der Waals surface area (Å²) >= 11 is 0. The van der Waals surface area contributed by atoms with Crippen molar-refractivity contribution in [1.82, 2.24) is 0 Å². The summed E-state index contributed by atoms with van der Waals surface area (Å²) in [6.07, 6.45) is 1.91. The molecule has 0 saturated carbocycles. The minimum Gasteiger partial charge on any atom is -0.460 e. The van der Waals surface area contributed by atoms with Gasteiger partial charge in [-0.05, 0) is 25.7 Å². The molecule has 0 aliphatic rings. The molecule has 0 saturated heterocycles. The highest BCUT2D eigenvalue weighted by molar-refractivity contribution is 5.87. The van der Waals surface area contributed by atoms with Crippen molar-refractivity contribution in [3.8, 4) is 0 Å². The van der Waals surface area contributed by atoms with Crippen molar-refractivity contribution >= 4 is 5.97 Å². The number of hydrogen-bond donors (Lipinski definition) is 3. The lowest BCUT2D eigenvalue weighted by Gasteiger charge is -2.06. The lowest BCUT2D eigenvalue weighted by Crippen LogP contribution is -2.10. The summed E-state index contributed by atoms with van der Waals surface area (Å²) in [5.74, 6) is -0.476. The van der Waals surface area contributed by atoms with Crippen molar-refractivity contribution in [3.63, 3.8) is 0 Å². The van der Waals surface area contributed by atoms with E-state index in [2.05, 4.69) is 11.3 Å². The number of hydrogen-bond acceptors (Lipinski definition) is 5. The van der Waals surface area contributed by atoms with Crippen LogP contribution in [-0.4, -0.2) is 40.8 Å². The van der Waals surface area contributed by atoms with Crippen LogP contribution in [0.2, 0.25) is 0 Å². The third-order valence-electron chi connectivity index (χ3n) is 2.05. The van der Waals surface area contributed by atoms with Gasteiger partial charge in [0, 0.05) is 5.57 Å². The van der Waals surface area contributed by atoms with E-state index >= 15 is 0 Å². The molecule has 0 aliphatic carbocycles. The van der Waals surface area contributed by atoms with Crippen LogP contribution in [0.25, 0.3) is 0 Å². The number of ether oxygens (including phenoxy) is 1. The maximum absolute atomic E-state index is 11.2. The molecule has 0 aliphatic heterocycles. The zero-order valence-corrected chi connectivity index (χ0v) is 9.39. The molecule has 0 radical (unpaired) electrons. The molecule has 0 amide bonds. The molecular weight excluding hydrogens is 212 g/mol. The van der Waals surface area contributed by atoms with Crippen LogP contribution < -0.4 is 0 Å². The predicted octanol–water partition coefficient (Wildman–Crippen LogP) is 0.339. The van der Waals surface area contributed by atoms with Crippen LogP contribution in [0.3, 0.4) is 0 Å². The van der Waals surface area contributed by atoms with Gasteiger partial charge in [-0.25, -0.2) is 4.79 Å². The molecule has 16 heavy (non-hydrogen) atoms. The molecular formula is C11H20O5. The van der Waals surface area contributed by atoms with Gasteiger partial charge in [0.1, 0.15) is 6.61 Å². The predicted molar refractivity (Wildman–Crippen MR) is 58.5 cm³/mol. The van der Waals surface area contributed by atoms with Crippen LogP contribution in [-0.2, 0) is 9.53 Å². The van der Waals surface area contributed by atoms with E-state index < -0.39 is 12.3 Å². The first-order valence-corrected chi connectivity index (χ1v) is 5.39. The van der Waals surface area contributed by atoms with Crippen LogP contribution in [0.4, 0.5) is 0 Å². The maximum atomic E-state index is 11.2. The molecule has 0 spiro atoms. The molecule has 0 fully saturated rings. The van der Waals surface area contributed by atoms with Gasteiger partial charge in [-0.15, -0.1) is 0 Å². The Labute approximate surface area is 95.4 Å². The van der Waals surface area contributed by atoms with Gasteiger partial charge in [-0.1, -0.05) is 13.0 Å². The van der Waals surface area contributed by atoms with E-state index in [9.17, 15) is 4.79 Å². The Morgan fingerprint density at radius 3 is 2.50 bits per heavy atom. The van der Waals surface area contributed by atoms with Gasteiger partial charge in [0.15, 0.2) is 6.29 Å². The fourth-order valence-corrected chi connectivity index (χ4v) is 1.18. The summed E-state index contributed by atoms with van der Waals surface area (Å²) in [4.78, 5) is 11.2. The first kappa shape index (κ1) is 15.1. The summed E-state index contributed by atoms with van der Waals surface area (Å²) in [5, 5.41) is 25.6. The Kier molecular flexibility index (Phi) is 8.80. The molecule has 0 unspecified atom stereocenters. The SMILES string of the molecule is C=C(CCCCCC(O)O)C(=O)OCCO. The Balaban J connectivity index is 3.46. The van der Waals surface area contributed by atoms with Crippen molar-refractivity contribution in [3.05, 3.63) is 12.2 Å². The second kappa shape index (κ2) is 9.33. The number of carbonyl (C=O) groups excluding carboxylic acids is 1. The lowest BCUT2D eigenvalue weighted by molar-refractivity contribution is -0.140. The third-order valence-corrected chi connectivity index (χ3v) is 2.05. The Bertz CT molecular complexity index is 212. The molecule has 94 valence electrons. The van der Waals surface area contributed by atoms with Crippen LogP contribution in [0, 0.1) is 0 Å². The van der Waals surface area contributed by atoms with Crippen molar-refractivity contribution in [2.45, 2.75) is 38.4 Å². The molecule has 0 atom stereocenters. The fraction of sp³-hybridized carbons (Fsp3) is 0.727. The monoisotopic (exact) mass is 232 g/mol. The standard InChI is InChI=1S/C11H20O5/c1-9(11(15)16-8-7-12)5-3-2-4-6-10(13)14/h10,12-14H,1-8H2. The number of aliphatic hydroxyl groups excluding tert-OH is 2. The van der Waals surface area contributed by atoms with Gasteiger partial charge in [0.2, 0.25) is 0 Å². The first-order valence-electron chi connectivity index (χ1n) is 5.39. The Morgan fingerprint density at radius 1 is 1.25 bits per heavy atom. The highest BCUT2D eigenvalue weighted by Gasteiger charge is 2.07. The van der Waals surface area contributed by atoms with Crippen LogP contribution >= 0.6 is 0 Å². The van der Waals surface area contributed by atoms with Gasteiger partial charge in [0.05, 0.1) is 6.61 Å². The number of carbonyl (C=O) groups is 1. The van der Waals surface area contributed by atoms with Crippen molar-refractivity contribution < 1.29 is 24.9 Å². The van der Waals surface area contributed by atoms with E-state index in [0.717, 1.165) is 12.8 Å². The average Bonchev–Trinajstić information content (AvgIpc) is 2.24. The van der Waals surface area contributed by atoms with E-state index in [-0.39, 0.29) is 13.2 Å². The topological polar surface area (TPSA) is 87.0 Å². The quantitative estimate of drug-likeness (QED) is 0.231. The molecule has 5 nitrogen and oxygen atoms in total. The van der Waals surface area contributed by atoms with Crippen molar-refractivity contribution in [2.75, 3.05) is 13.2 Å². The third kappa shape index (κ3) is 8.40. The number of aliphatic hydroxyl groups is 3. The van der Waals surface area contributed by atoms with Crippen LogP contribution in [0.15, 0.2) is 12.2 Å². The summed E-state index contributed by atoms with van der Waals surface area (Å²) in [6.45, 7) is 3.39. The first-order chi connectivity index (χ1) is 7.57. The van der Waals surface area contributed by atoms with Crippen LogP contribution in [0.1, 0.15) is 32.1 Å². The van der Waals surface area contributed by atoms with Crippen molar-refractivity contribution in [1.29, 1.82) is 0 Å². The van der Waals surface area contributed by atoms with E-state index in [1.807, 2.05) is 0 Å². The maximum Gasteiger partial charge on any atom is 0.333 e. The van der Waals surface area contributed by atoms with Gasteiger partial charge in [-0.3, -0.25) is 0 Å². The summed E-state index contributed by atoms with van der Waals surface area (Å²) in [5.41, 5.74) is 0.387. The molecule has 0 aromatic carbocycles. The number of rotatable bonds is 9. The Hall–Kier alpha value is -0.910. The molecule has 0 heterocycles. The molecule has 5 heteroatoms. The average molecular weight is 232 g/mol. The summed E-state index contributed by atoms with van der Waals surface area (Å²) in [6, 6.07) is 0. The van der Waals surface area contributed by atoms with Gasteiger partial charge in [-0.2, -0.15) is 0 Å². The van der Waals surface area contributed by atoms with E-state index in [4.69, 9.17) is 15.3 Å². The van der Waals surface area contributed by atoms with E-state index in [1.165, 1.54) is 0 Å². The van der Waals surface area contributed by atoms with Crippen molar-refractivity contribution in [2.24, 2.45) is 0 Å². The minimum atomic E-state index is -1.25. The molecule has 0 aromatic rings. The van der Waals surface area contributed by atoms with E-state index in [0.29, 0.717) is 24.8 Å². The summed E-state index contributed by atoms with van der Waals surface area (Å²) < 4.78 is 4.68. The molecule has 0 aromatic heterocycles. The minimum absolute atomic E-state index is 0.00540. The summed E-state index contributed by atoms with van der Waals surface area (Å²) in [7, 11) is 0. The fourth-order valence-electron chi connectivity index (χ4n) is 1.18. The second-order valence-electron chi connectivity index (χ2n) is 3.54. The molecule has 0 bridgehead atoms. The van der Waals surface area contributed by atoms with Crippen LogP contribution in [0.5, 0.6) is 0 Å². The second-order valence-corrected chi connectivity index (χ2v) is 3.54. The van der Waals surface area contributed by atoms with Gasteiger partial charge < -0.3 is 20.1 Å². The molecule has 3 N–H and O–H groups in total. The smallest absolute Gasteiger partial charge is 0.333 e. The van der Waals surface area contributed by atoms with Gasteiger partial charge >= 0.3 is 5.97 Å². The highest BCUT2D eigenvalue weighted by atomic mass is 16.5. The zero-order chi connectivity index (χ0) is 12.4. The van der Waals surface area contributed by atoms with E-state index in [1.54, 1.807) is 0 Å². The normalized spacial score (nSPS) is 10.5.